The maximum Gasteiger partial charge on any atom is 0.250 e. The zero-order valence-corrected chi connectivity index (χ0v) is 9.44. The second-order valence-electron chi connectivity index (χ2n) is 3.31. The molecule has 76 valence electrons. The van der Waals surface area contributed by atoms with E-state index in [0.717, 1.165) is 18.5 Å². The molecule has 0 atom stereocenters. The second kappa shape index (κ2) is 3.40. The van der Waals surface area contributed by atoms with Crippen LogP contribution < -0.4 is 5.73 Å². The Morgan fingerprint density at radius 2 is 1.93 bits per heavy atom. The molecule has 14 heavy (non-hydrogen) atoms. The summed E-state index contributed by atoms with van der Waals surface area (Å²) < 4.78 is -1.60. The molecule has 1 heterocycles. The molecule has 6 heteroatoms. The van der Waals surface area contributed by atoms with Gasteiger partial charge in [-0.1, -0.05) is 34.8 Å². The van der Waals surface area contributed by atoms with Gasteiger partial charge in [0.1, 0.15) is 5.82 Å². The fraction of sp³-hybridized carbons (Fsp3) is 0.500. The van der Waals surface area contributed by atoms with Crippen LogP contribution in [0.4, 0.5) is 5.82 Å². The first-order valence-electron chi connectivity index (χ1n) is 4.18. The van der Waals surface area contributed by atoms with Crippen LogP contribution in [0.25, 0.3) is 0 Å². The molecule has 0 amide bonds. The molecule has 1 aliphatic carbocycles. The lowest BCUT2D eigenvalue weighted by molar-refractivity contribution is 0.903. The van der Waals surface area contributed by atoms with Gasteiger partial charge in [-0.3, -0.25) is 0 Å². The molecule has 1 aromatic heterocycles. The first-order chi connectivity index (χ1) is 6.47. The van der Waals surface area contributed by atoms with Crippen molar-refractivity contribution in [1.82, 2.24) is 9.97 Å². The normalized spacial score (nSPS) is 17.1. The highest BCUT2D eigenvalue weighted by molar-refractivity contribution is 6.66. The van der Waals surface area contributed by atoms with Crippen molar-refractivity contribution in [3.8, 4) is 0 Å². The highest BCUT2D eigenvalue weighted by Crippen LogP contribution is 2.42. The molecule has 3 nitrogen and oxygen atoms in total. The van der Waals surface area contributed by atoms with Crippen molar-refractivity contribution < 1.29 is 0 Å². The van der Waals surface area contributed by atoms with Gasteiger partial charge in [-0.05, 0) is 12.8 Å². The number of rotatable bonds is 1. The monoisotopic (exact) mass is 251 g/mol. The molecular formula is C8H8Cl3N3. The van der Waals surface area contributed by atoms with Crippen LogP contribution in [-0.4, -0.2) is 9.97 Å². The molecular weight excluding hydrogens is 244 g/mol. The minimum Gasteiger partial charge on any atom is -0.384 e. The fourth-order valence-electron chi connectivity index (χ4n) is 1.20. The summed E-state index contributed by atoms with van der Waals surface area (Å²) in [5, 5.41) is 0. The molecule has 0 aliphatic heterocycles. The Balaban J connectivity index is 2.41. The van der Waals surface area contributed by atoms with Gasteiger partial charge in [-0.2, -0.15) is 0 Å². The summed E-state index contributed by atoms with van der Waals surface area (Å²) in [4.78, 5) is 8.07. The van der Waals surface area contributed by atoms with Crippen molar-refractivity contribution in [3.05, 3.63) is 17.6 Å². The third-order valence-electron chi connectivity index (χ3n) is 2.01. The van der Waals surface area contributed by atoms with Crippen LogP contribution in [0.5, 0.6) is 0 Å². The number of nitrogens with two attached hydrogens (primary N) is 1. The number of nitrogens with zero attached hydrogens (tertiary/aromatic N) is 2. The summed E-state index contributed by atoms with van der Waals surface area (Å²) >= 11 is 17.0. The minimum absolute atomic E-state index is 0.157. The number of nitrogen functional groups attached to an aromatic ring is 1. The summed E-state index contributed by atoms with van der Waals surface area (Å²) in [6.45, 7) is 0. The SMILES string of the molecule is Nc1cc(C2CC2)nc(C(Cl)(Cl)Cl)n1. The van der Waals surface area contributed by atoms with Crippen molar-refractivity contribution in [2.45, 2.75) is 22.6 Å². The predicted octanol–water partition coefficient (Wildman–Crippen LogP) is 2.76. The minimum atomic E-state index is -1.60. The van der Waals surface area contributed by atoms with Gasteiger partial charge < -0.3 is 5.73 Å². The van der Waals surface area contributed by atoms with Crippen LogP contribution >= 0.6 is 34.8 Å². The largest absolute Gasteiger partial charge is 0.384 e. The summed E-state index contributed by atoms with van der Waals surface area (Å²) in [5.74, 6) is 0.971. The van der Waals surface area contributed by atoms with Gasteiger partial charge in [0.15, 0.2) is 5.82 Å². The lowest BCUT2D eigenvalue weighted by Crippen LogP contribution is -2.10. The van der Waals surface area contributed by atoms with Crippen molar-refractivity contribution in [1.29, 1.82) is 0 Å². The van der Waals surface area contributed by atoms with Crippen LogP contribution in [0, 0.1) is 0 Å². The molecule has 1 saturated carbocycles. The molecule has 0 saturated heterocycles. The Kier molecular flexibility index (Phi) is 2.50. The number of anilines is 1. The lowest BCUT2D eigenvalue weighted by Gasteiger charge is -2.10. The van der Waals surface area contributed by atoms with Crippen molar-refractivity contribution in [2.75, 3.05) is 5.73 Å². The van der Waals surface area contributed by atoms with E-state index in [2.05, 4.69) is 9.97 Å². The van der Waals surface area contributed by atoms with E-state index in [1.807, 2.05) is 0 Å². The van der Waals surface area contributed by atoms with E-state index in [1.54, 1.807) is 6.07 Å². The Morgan fingerprint density at radius 3 is 2.43 bits per heavy atom. The van der Waals surface area contributed by atoms with Gasteiger partial charge in [0, 0.05) is 17.7 Å². The van der Waals surface area contributed by atoms with E-state index in [0.29, 0.717) is 11.7 Å². The van der Waals surface area contributed by atoms with Gasteiger partial charge >= 0.3 is 0 Å². The summed E-state index contributed by atoms with van der Waals surface area (Å²) in [6, 6.07) is 1.73. The van der Waals surface area contributed by atoms with Gasteiger partial charge in [0.25, 0.3) is 0 Å². The highest BCUT2D eigenvalue weighted by atomic mass is 35.6. The molecule has 0 bridgehead atoms. The Labute approximate surface area is 96.6 Å². The number of hydrogen-bond acceptors (Lipinski definition) is 3. The third-order valence-corrected chi connectivity index (χ3v) is 2.52. The van der Waals surface area contributed by atoms with Gasteiger partial charge in [-0.15, -0.1) is 0 Å². The van der Waals surface area contributed by atoms with E-state index in [1.165, 1.54) is 0 Å². The average molecular weight is 253 g/mol. The van der Waals surface area contributed by atoms with E-state index in [-0.39, 0.29) is 5.82 Å². The highest BCUT2D eigenvalue weighted by Gasteiger charge is 2.31. The standard InChI is InChI=1S/C8H8Cl3N3/c9-8(10,11)7-13-5(4-1-2-4)3-6(12)14-7/h3-4H,1-2H2,(H2,12,13,14). The Hall–Kier alpha value is -0.250. The molecule has 1 aromatic rings. The third kappa shape index (κ3) is 2.22. The number of hydrogen-bond donors (Lipinski definition) is 1. The van der Waals surface area contributed by atoms with E-state index < -0.39 is 3.79 Å². The molecule has 1 fully saturated rings. The van der Waals surface area contributed by atoms with Gasteiger partial charge in [0.2, 0.25) is 3.79 Å². The number of aromatic nitrogens is 2. The van der Waals surface area contributed by atoms with Crippen molar-refractivity contribution in [2.24, 2.45) is 0 Å². The predicted molar refractivity (Wildman–Crippen MR) is 57.7 cm³/mol. The van der Waals surface area contributed by atoms with E-state index >= 15 is 0 Å². The van der Waals surface area contributed by atoms with Gasteiger partial charge in [-0.25, -0.2) is 9.97 Å². The first-order valence-corrected chi connectivity index (χ1v) is 5.32. The quantitative estimate of drug-likeness (QED) is 0.782. The van der Waals surface area contributed by atoms with Crippen molar-refractivity contribution in [3.63, 3.8) is 0 Å². The zero-order chi connectivity index (χ0) is 10.3. The van der Waals surface area contributed by atoms with Crippen LogP contribution in [0.1, 0.15) is 30.3 Å². The van der Waals surface area contributed by atoms with Crippen LogP contribution in [0.15, 0.2) is 6.07 Å². The molecule has 0 spiro atoms. The summed E-state index contributed by atoms with van der Waals surface area (Å²) in [6.07, 6.45) is 2.24. The zero-order valence-electron chi connectivity index (χ0n) is 7.17. The maximum absolute atomic E-state index is 5.68. The molecule has 0 unspecified atom stereocenters. The van der Waals surface area contributed by atoms with Crippen LogP contribution in [0.2, 0.25) is 0 Å². The Bertz CT molecular complexity index is 357. The molecule has 0 radical (unpaired) electrons. The van der Waals surface area contributed by atoms with Gasteiger partial charge in [0.05, 0.1) is 0 Å². The molecule has 2 rings (SSSR count). The van der Waals surface area contributed by atoms with Crippen molar-refractivity contribution >= 4 is 40.6 Å². The van der Waals surface area contributed by atoms with Crippen LogP contribution in [0.3, 0.4) is 0 Å². The Morgan fingerprint density at radius 1 is 1.29 bits per heavy atom. The molecule has 0 aromatic carbocycles. The average Bonchev–Trinajstić information content (AvgIpc) is 2.83. The summed E-state index contributed by atoms with van der Waals surface area (Å²) in [5.41, 5.74) is 6.47. The number of alkyl halides is 3. The van der Waals surface area contributed by atoms with E-state index in [9.17, 15) is 0 Å². The van der Waals surface area contributed by atoms with E-state index in [4.69, 9.17) is 40.5 Å². The van der Waals surface area contributed by atoms with Crippen LogP contribution in [-0.2, 0) is 3.79 Å². The molecule has 1 aliphatic rings. The fourth-order valence-corrected chi connectivity index (χ4v) is 1.45. The maximum atomic E-state index is 5.68. The first kappa shape index (κ1) is 10.3. The summed E-state index contributed by atoms with van der Waals surface area (Å²) in [7, 11) is 0. The second-order valence-corrected chi connectivity index (χ2v) is 5.59. The topological polar surface area (TPSA) is 51.8 Å². The molecule has 2 N–H and O–H groups in total. The number of halogens is 3. The lowest BCUT2D eigenvalue weighted by atomic mass is 10.3. The smallest absolute Gasteiger partial charge is 0.250 e.